The van der Waals surface area contributed by atoms with Gasteiger partial charge in [-0.25, -0.2) is 0 Å². The van der Waals surface area contributed by atoms with Crippen LogP contribution in [0.5, 0.6) is 5.75 Å². The molecule has 0 radical (unpaired) electrons. The molecule has 1 aromatic heterocycles. The number of phenols is 1. The van der Waals surface area contributed by atoms with Crippen LogP contribution < -0.4 is 0 Å². The van der Waals surface area contributed by atoms with Gasteiger partial charge in [-0.2, -0.15) is 5.10 Å². The number of carbonyl (C=O) groups excluding carboxylic acids is 1. The molecule has 138 valence electrons. The van der Waals surface area contributed by atoms with Crippen molar-refractivity contribution >= 4 is 5.91 Å². The van der Waals surface area contributed by atoms with Crippen molar-refractivity contribution < 1.29 is 15.0 Å². The first-order valence-electron chi connectivity index (χ1n) is 8.88. The van der Waals surface area contributed by atoms with Crippen molar-refractivity contribution in [2.24, 2.45) is 0 Å². The maximum absolute atomic E-state index is 12.9. The number of hydrogen-bond donors (Lipinski definition) is 3. The van der Waals surface area contributed by atoms with Crippen molar-refractivity contribution in [2.75, 3.05) is 13.2 Å². The van der Waals surface area contributed by atoms with Crippen LogP contribution in [0.15, 0.2) is 42.5 Å². The number of phenolic OH excluding ortho intramolecular Hbond substituents is 1. The highest BCUT2D eigenvalue weighted by Crippen LogP contribution is 2.44. The Labute approximate surface area is 157 Å². The summed E-state index contributed by atoms with van der Waals surface area (Å²) in [7, 11) is 0. The van der Waals surface area contributed by atoms with Crippen LogP contribution in [0, 0.1) is 13.8 Å². The lowest BCUT2D eigenvalue weighted by Gasteiger charge is -2.25. The van der Waals surface area contributed by atoms with Crippen molar-refractivity contribution in [1.82, 2.24) is 15.1 Å². The molecule has 1 aliphatic rings. The minimum atomic E-state index is -0.367. The number of hydrogen-bond acceptors (Lipinski definition) is 4. The minimum Gasteiger partial charge on any atom is -0.507 e. The Bertz CT molecular complexity index is 1010. The maximum atomic E-state index is 12.9. The van der Waals surface area contributed by atoms with Crippen LogP contribution >= 0.6 is 0 Å². The van der Waals surface area contributed by atoms with Gasteiger partial charge in [0, 0.05) is 17.7 Å². The van der Waals surface area contributed by atoms with E-state index in [0.29, 0.717) is 17.0 Å². The summed E-state index contributed by atoms with van der Waals surface area (Å²) in [6.45, 7) is 4.04. The van der Waals surface area contributed by atoms with Gasteiger partial charge >= 0.3 is 0 Å². The third-order valence-electron chi connectivity index (χ3n) is 5.00. The number of H-pyrrole nitrogens is 1. The Morgan fingerprint density at radius 1 is 1.11 bits per heavy atom. The van der Waals surface area contributed by atoms with Crippen molar-refractivity contribution in [3.05, 3.63) is 70.4 Å². The Balaban J connectivity index is 1.92. The molecule has 4 rings (SSSR count). The average Bonchev–Trinajstić information content (AvgIpc) is 3.19. The number of aryl methyl sites for hydroxylation is 2. The van der Waals surface area contributed by atoms with Crippen LogP contribution in [0.2, 0.25) is 0 Å². The van der Waals surface area contributed by atoms with E-state index in [1.165, 1.54) is 0 Å². The summed E-state index contributed by atoms with van der Waals surface area (Å²) in [6, 6.07) is 12.9. The number of carbonyl (C=O) groups is 1. The SMILES string of the molecule is Cc1ccc([C@@H]2c3c(-c4cc(C)ccc4O)n[nH]c3C(=O)N2CCO)cc1. The highest BCUT2D eigenvalue weighted by atomic mass is 16.3. The molecule has 2 aromatic carbocycles. The van der Waals surface area contributed by atoms with E-state index in [2.05, 4.69) is 10.2 Å². The molecule has 27 heavy (non-hydrogen) atoms. The second-order valence-electron chi connectivity index (χ2n) is 6.92. The molecule has 3 aromatic rings. The second-order valence-corrected chi connectivity index (χ2v) is 6.92. The van der Waals surface area contributed by atoms with Crippen molar-refractivity contribution in [1.29, 1.82) is 0 Å². The molecular weight excluding hydrogens is 342 g/mol. The van der Waals surface area contributed by atoms with Crippen LogP contribution in [0.4, 0.5) is 0 Å². The van der Waals surface area contributed by atoms with Crippen LogP contribution in [0.25, 0.3) is 11.3 Å². The first-order valence-corrected chi connectivity index (χ1v) is 8.88. The number of aromatic amines is 1. The zero-order valence-corrected chi connectivity index (χ0v) is 15.2. The molecule has 1 amide bonds. The topological polar surface area (TPSA) is 89.5 Å². The molecule has 6 nitrogen and oxygen atoms in total. The molecule has 0 saturated heterocycles. The first kappa shape index (κ1) is 17.3. The molecule has 0 bridgehead atoms. The number of amides is 1. The van der Waals surface area contributed by atoms with Crippen LogP contribution in [-0.4, -0.2) is 44.4 Å². The number of rotatable bonds is 4. The third kappa shape index (κ3) is 2.78. The summed E-state index contributed by atoms with van der Waals surface area (Å²) in [5.74, 6) is -0.0823. The summed E-state index contributed by atoms with van der Waals surface area (Å²) < 4.78 is 0. The molecule has 0 spiro atoms. The van der Waals surface area contributed by atoms with E-state index in [4.69, 9.17) is 0 Å². The molecule has 3 N–H and O–H groups in total. The zero-order valence-electron chi connectivity index (χ0n) is 15.2. The Morgan fingerprint density at radius 3 is 2.52 bits per heavy atom. The lowest BCUT2D eigenvalue weighted by atomic mass is 9.94. The van der Waals surface area contributed by atoms with Gasteiger partial charge in [-0.1, -0.05) is 41.5 Å². The van der Waals surface area contributed by atoms with Gasteiger partial charge in [0.25, 0.3) is 5.91 Å². The first-order chi connectivity index (χ1) is 13.0. The highest BCUT2D eigenvalue weighted by Gasteiger charge is 2.42. The van der Waals surface area contributed by atoms with Gasteiger partial charge < -0.3 is 15.1 Å². The number of benzene rings is 2. The van der Waals surface area contributed by atoms with Gasteiger partial charge in [0.1, 0.15) is 17.1 Å². The van der Waals surface area contributed by atoms with Crippen LogP contribution in [0.3, 0.4) is 0 Å². The van der Waals surface area contributed by atoms with Crippen molar-refractivity contribution in [3.8, 4) is 17.0 Å². The predicted molar refractivity (Wildman–Crippen MR) is 102 cm³/mol. The van der Waals surface area contributed by atoms with E-state index in [-0.39, 0.29) is 30.9 Å². The standard InChI is InChI=1S/C21H21N3O3/c1-12-3-6-14(7-4-12)20-17-18(15-11-13(2)5-8-16(15)26)22-23-19(17)21(27)24(20)9-10-25/h3-8,11,20,25-26H,9-10H2,1-2H3,(H,22,23)/t20-/m1/s1. The fourth-order valence-electron chi connectivity index (χ4n) is 3.68. The molecule has 6 heteroatoms. The normalized spacial score (nSPS) is 16.0. The smallest absolute Gasteiger partial charge is 0.273 e. The molecule has 1 atom stereocenters. The lowest BCUT2D eigenvalue weighted by molar-refractivity contribution is 0.0706. The third-order valence-corrected chi connectivity index (χ3v) is 5.00. The molecule has 1 aliphatic heterocycles. The molecular formula is C21H21N3O3. The quantitative estimate of drug-likeness (QED) is 0.665. The predicted octanol–water partition coefficient (Wildman–Crippen LogP) is 2.94. The molecule has 0 fully saturated rings. The molecule has 0 aliphatic carbocycles. The maximum Gasteiger partial charge on any atom is 0.273 e. The van der Waals surface area contributed by atoms with E-state index in [9.17, 15) is 15.0 Å². The number of nitrogens with one attached hydrogen (secondary N) is 1. The Morgan fingerprint density at radius 2 is 1.81 bits per heavy atom. The van der Waals surface area contributed by atoms with Crippen LogP contribution in [0.1, 0.15) is 38.8 Å². The minimum absolute atomic E-state index is 0.116. The van der Waals surface area contributed by atoms with E-state index in [1.54, 1.807) is 11.0 Å². The number of fused-ring (bicyclic) bond motifs is 1. The number of nitrogens with zero attached hydrogens (tertiary/aromatic N) is 2. The highest BCUT2D eigenvalue weighted by molar-refractivity contribution is 6.00. The number of aliphatic hydroxyl groups excluding tert-OH is 1. The summed E-state index contributed by atoms with van der Waals surface area (Å²) >= 11 is 0. The number of aromatic hydroxyl groups is 1. The van der Waals surface area contributed by atoms with E-state index < -0.39 is 0 Å². The van der Waals surface area contributed by atoms with Gasteiger partial charge in [0.2, 0.25) is 0 Å². The molecule has 0 saturated carbocycles. The number of β-amino-alcohol motifs (C(OH)–C–C–N with tert-alkyl or cyclic N) is 1. The fourth-order valence-corrected chi connectivity index (χ4v) is 3.68. The van der Waals surface area contributed by atoms with Gasteiger partial charge in [0.05, 0.1) is 12.6 Å². The monoisotopic (exact) mass is 363 g/mol. The van der Waals surface area contributed by atoms with Crippen molar-refractivity contribution in [3.63, 3.8) is 0 Å². The largest absolute Gasteiger partial charge is 0.507 e. The number of aliphatic hydroxyl groups is 1. The molecule has 2 heterocycles. The molecule has 0 unspecified atom stereocenters. The fraction of sp³-hybridized carbons (Fsp3) is 0.238. The number of aromatic nitrogens is 2. The van der Waals surface area contributed by atoms with Gasteiger partial charge in [-0.05, 0) is 31.5 Å². The summed E-state index contributed by atoms with van der Waals surface area (Å²) in [5, 5.41) is 27.1. The van der Waals surface area contributed by atoms with E-state index in [0.717, 1.165) is 22.3 Å². The van der Waals surface area contributed by atoms with Gasteiger partial charge in [-0.15, -0.1) is 0 Å². The van der Waals surface area contributed by atoms with Crippen molar-refractivity contribution in [2.45, 2.75) is 19.9 Å². The van der Waals surface area contributed by atoms with E-state index in [1.807, 2.05) is 50.2 Å². The zero-order chi connectivity index (χ0) is 19.1. The summed E-state index contributed by atoms with van der Waals surface area (Å²) in [5.41, 5.74) is 5.34. The van der Waals surface area contributed by atoms with E-state index >= 15 is 0 Å². The van der Waals surface area contributed by atoms with Gasteiger partial charge in [0.15, 0.2) is 0 Å². The lowest BCUT2D eigenvalue weighted by Crippen LogP contribution is -2.32. The summed E-state index contributed by atoms with van der Waals surface area (Å²) in [6.07, 6.45) is 0. The second kappa shape index (κ2) is 6.55. The summed E-state index contributed by atoms with van der Waals surface area (Å²) in [4.78, 5) is 14.6. The van der Waals surface area contributed by atoms with Gasteiger partial charge in [-0.3, -0.25) is 9.89 Å². The Hall–Kier alpha value is -3.12. The average molecular weight is 363 g/mol. The Kier molecular flexibility index (Phi) is 4.20. The van der Waals surface area contributed by atoms with Crippen LogP contribution in [-0.2, 0) is 0 Å².